The van der Waals surface area contributed by atoms with Gasteiger partial charge < -0.3 is 0 Å². The number of fused-ring (bicyclic) bond motifs is 1. The number of nitrogens with zero attached hydrogens (tertiary/aromatic N) is 2. The van der Waals surface area contributed by atoms with Crippen LogP contribution in [0.2, 0.25) is 0 Å². The van der Waals surface area contributed by atoms with Crippen molar-refractivity contribution in [2.45, 2.75) is 51.5 Å². The molecule has 6 heteroatoms. The summed E-state index contributed by atoms with van der Waals surface area (Å²) in [7, 11) is -4.03. The Morgan fingerprint density at radius 3 is 2.03 bits per heavy atom. The molecular weight excluding hydrogens is 420 g/mol. The zero-order valence-corrected chi connectivity index (χ0v) is 19.9. The Balaban J connectivity index is 1.81. The van der Waals surface area contributed by atoms with Crippen molar-refractivity contribution in [2.75, 3.05) is 9.21 Å². The number of hydrogen-bond donors (Lipinski definition) is 0. The van der Waals surface area contributed by atoms with Crippen molar-refractivity contribution in [1.82, 2.24) is 0 Å². The van der Waals surface area contributed by atoms with E-state index in [0.29, 0.717) is 11.4 Å². The minimum Gasteiger partial charge on any atom is -0.287 e. The number of benzene rings is 3. The standard InChI is InChI=1S/C26H28N2O3S/c1-18-14-19(2)16-22(15-18)28-25(29)27(23-8-6-7-9-24(23)32(28,30)31)17-20-10-12-21(13-11-20)26(3,4)5/h6-16H,17H2,1-5H3. The molecule has 0 saturated heterocycles. The molecule has 0 fully saturated rings. The number of carbonyl (C=O) groups excluding carboxylic acids is 1. The van der Waals surface area contributed by atoms with Gasteiger partial charge >= 0.3 is 6.03 Å². The fourth-order valence-electron chi connectivity index (χ4n) is 4.07. The van der Waals surface area contributed by atoms with Gasteiger partial charge in [0.1, 0.15) is 4.90 Å². The van der Waals surface area contributed by atoms with Gasteiger partial charge in [-0.05, 0) is 65.8 Å². The molecule has 3 aromatic rings. The Morgan fingerprint density at radius 1 is 0.844 bits per heavy atom. The van der Waals surface area contributed by atoms with Crippen LogP contribution in [0.15, 0.2) is 71.6 Å². The van der Waals surface area contributed by atoms with Gasteiger partial charge in [0.2, 0.25) is 0 Å². The quantitative estimate of drug-likeness (QED) is 0.498. The summed E-state index contributed by atoms with van der Waals surface area (Å²) >= 11 is 0. The molecule has 0 unspecified atom stereocenters. The molecule has 0 spiro atoms. The summed E-state index contributed by atoms with van der Waals surface area (Å²) in [5.74, 6) is 0. The van der Waals surface area contributed by atoms with Crippen molar-refractivity contribution in [3.8, 4) is 0 Å². The summed E-state index contributed by atoms with van der Waals surface area (Å²) in [6.07, 6.45) is 0. The van der Waals surface area contributed by atoms with E-state index >= 15 is 0 Å². The Kier molecular flexibility index (Phi) is 5.37. The number of rotatable bonds is 3. The lowest BCUT2D eigenvalue weighted by atomic mass is 9.87. The molecule has 3 aromatic carbocycles. The maximum atomic E-state index is 13.6. The third kappa shape index (κ3) is 3.91. The van der Waals surface area contributed by atoms with Gasteiger partial charge in [0.25, 0.3) is 10.0 Å². The van der Waals surface area contributed by atoms with Crippen molar-refractivity contribution >= 4 is 27.4 Å². The molecule has 0 N–H and O–H groups in total. The average molecular weight is 449 g/mol. The highest BCUT2D eigenvalue weighted by atomic mass is 32.2. The first kappa shape index (κ1) is 22.1. The largest absolute Gasteiger partial charge is 0.343 e. The van der Waals surface area contributed by atoms with Gasteiger partial charge in [0.15, 0.2) is 0 Å². The Morgan fingerprint density at radius 2 is 1.44 bits per heavy atom. The maximum Gasteiger partial charge on any atom is 0.343 e. The van der Waals surface area contributed by atoms with Gasteiger partial charge in [-0.2, -0.15) is 4.31 Å². The van der Waals surface area contributed by atoms with Gasteiger partial charge in [-0.15, -0.1) is 0 Å². The molecule has 0 atom stereocenters. The number of urea groups is 1. The molecule has 32 heavy (non-hydrogen) atoms. The monoisotopic (exact) mass is 448 g/mol. The normalized spacial score (nSPS) is 15.6. The summed E-state index contributed by atoms with van der Waals surface area (Å²) in [4.78, 5) is 15.3. The van der Waals surface area contributed by atoms with Gasteiger partial charge in [0.05, 0.1) is 17.9 Å². The predicted octanol–water partition coefficient (Wildman–Crippen LogP) is 5.94. The van der Waals surface area contributed by atoms with Crippen LogP contribution in [0, 0.1) is 13.8 Å². The Bertz CT molecular complexity index is 1270. The fourth-order valence-corrected chi connectivity index (χ4v) is 5.65. The summed E-state index contributed by atoms with van der Waals surface area (Å²) in [5, 5.41) is 0. The van der Waals surface area contributed by atoms with Crippen LogP contribution in [0.3, 0.4) is 0 Å². The number of hydrogen-bond acceptors (Lipinski definition) is 3. The molecule has 0 bridgehead atoms. The summed E-state index contributed by atoms with van der Waals surface area (Å²) in [6.45, 7) is 10.5. The number of aryl methyl sites for hydroxylation is 2. The molecule has 4 rings (SSSR count). The number of amides is 2. The minimum atomic E-state index is -4.03. The molecule has 0 aliphatic carbocycles. The molecule has 2 amide bonds. The number of anilines is 2. The van der Waals surface area contributed by atoms with Crippen LogP contribution >= 0.6 is 0 Å². The fraction of sp³-hybridized carbons (Fsp3) is 0.269. The molecule has 5 nitrogen and oxygen atoms in total. The molecule has 1 aliphatic rings. The SMILES string of the molecule is Cc1cc(C)cc(N2C(=O)N(Cc3ccc(C(C)(C)C)cc3)c3ccccc3S2(=O)=O)c1. The second-order valence-corrected chi connectivity index (χ2v) is 11.2. The van der Waals surface area contributed by atoms with Crippen LogP contribution < -0.4 is 9.21 Å². The van der Waals surface area contributed by atoms with Crippen molar-refractivity contribution in [3.63, 3.8) is 0 Å². The highest BCUT2D eigenvalue weighted by molar-refractivity contribution is 7.94. The lowest BCUT2D eigenvalue weighted by Crippen LogP contribution is -2.50. The number of para-hydroxylation sites is 1. The lowest BCUT2D eigenvalue weighted by Gasteiger charge is -2.36. The second-order valence-electron chi connectivity index (χ2n) is 9.40. The van der Waals surface area contributed by atoms with Crippen molar-refractivity contribution in [2.24, 2.45) is 0 Å². The first-order valence-corrected chi connectivity index (χ1v) is 12.1. The highest BCUT2D eigenvalue weighted by Gasteiger charge is 2.42. The van der Waals surface area contributed by atoms with Crippen LogP contribution in [-0.2, 0) is 22.0 Å². The predicted molar refractivity (Wildman–Crippen MR) is 129 cm³/mol. The van der Waals surface area contributed by atoms with Crippen LogP contribution in [0.1, 0.15) is 43.0 Å². The van der Waals surface area contributed by atoms with E-state index in [1.54, 1.807) is 41.3 Å². The lowest BCUT2D eigenvalue weighted by molar-refractivity contribution is 0.253. The van der Waals surface area contributed by atoms with E-state index < -0.39 is 16.1 Å². The van der Waals surface area contributed by atoms with E-state index in [1.807, 2.05) is 32.0 Å². The molecule has 0 aromatic heterocycles. The van der Waals surface area contributed by atoms with Crippen LogP contribution in [0.25, 0.3) is 0 Å². The summed E-state index contributed by atoms with van der Waals surface area (Å²) in [6, 6.07) is 19.6. The molecular formula is C26H28N2O3S. The number of carbonyl (C=O) groups is 1. The van der Waals surface area contributed by atoms with Crippen molar-refractivity contribution < 1.29 is 13.2 Å². The first-order chi connectivity index (χ1) is 15.0. The van der Waals surface area contributed by atoms with Crippen LogP contribution in [0.5, 0.6) is 0 Å². The molecule has 1 aliphatic heterocycles. The third-order valence-corrected chi connectivity index (χ3v) is 7.43. The molecule has 166 valence electrons. The Hall–Kier alpha value is -3.12. The van der Waals surface area contributed by atoms with E-state index in [-0.39, 0.29) is 16.9 Å². The van der Waals surface area contributed by atoms with Crippen molar-refractivity contribution in [1.29, 1.82) is 0 Å². The van der Waals surface area contributed by atoms with E-state index in [9.17, 15) is 13.2 Å². The van der Waals surface area contributed by atoms with Crippen LogP contribution in [-0.4, -0.2) is 14.4 Å². The zero-order chi connectivity index (χ0) is 23.3. The van der Waals surface area contributed by atoms with Crippen molar-refractivity contribution in [3.05, 3.63) is 89.0 Å². The smallest absolute Gasteiger partial charge is 0.287 e. The third-order valence-electron chi connectivity index (χ3n) is 5.68. The topological polar surface area (TPSA) is 57.7 Å². The number of sulfonamides is 1. The van der Waals surface area contributed by atoms with E-state index in [0.717, 1.165) is 21.0 Å². The van der Waals surface area contributed by atoms with Gasteiger partial charge in [0, 0.05) is 0 Å². The molecule has 0 saturated carbocycles. The minimum absolute atomic E-state index is 0.0278. The first-order valence-electron chi connectivity index (χ1n) is 10.6. The van der Waals surface area contributed by atoms with Gasteiger partial charge in [-0.25, -0.2) is 13.2 Å². The maximum absolute atomic E-state index is 13.6. The van der Waals surface area contributed by atoms with E-state index in [1.165, 1.54) is 5.56 Å². The average Bonchev–Trinajstić information content (AvgIpc) is 2.70. The Labute approximate surface area is 190 Å². The second kappa shape index (κ2) is 7.78. The summed E-state index contributed by atoms with van der Waals surface area (Å²) in [5.41, 5.74) is 4.71. The van der Waals surface area contributed by atoms with E-state index in [4.69, 9.17) is 0 Å². The summed E-state index contributed by atoms with van der Waals surface area (Å²) < 4.78 is 27.9. The highest BCUT2D eigenvalue weighted by Crippen LogP contribution is 2.38. The van der Waals surface area contributed by atoms with Gasteiger partial charge in [-0.1, -0.05) is 63.2 Å². The molecule has 1 heterocycles. The van der Waals surface area contributed by atoms with Gasteiger partial charge in [-0.3, -0.25) is 4.90 Å². The zero-order valence-electron chi connectivity index (χ0n) is 19.1. The van der Waals surface area contributed by atoms with E-state index in [2.05, 4.69) is 32.9 Å². The van der Waals surface area contributed by atoms with Crippen LogP contribution in [0.4, 0.5) is 16.2 Å². The molecule has 0 radical (unpaired) electrons.